The molecule has 60 valence electrons. The summed E-state index contributed by atoms with van der Waals surface area (Å²) in [5, 5.41) is 17.7. The summed E-state index contributed by atoms with van der Waals surface area (Å²) < 4.78 is 0. The quantitative estimate of drug-likeness (QED) is 0.636. The van der Waals surface area contributed by atoms with Crippen molar-refractivity contribution in [1.29, 1.82) is 0 Å². The molecule has 2 aromatic rings. The van der Waals surface area contributed by atoms with E-state index < -0.39 is 5.97 Å². The molecule has 12 heavy (non-hydrogen) atoms. The highest BCUT2D eigenvalue weighted by molar-refractivity contribution is 6.00. The Morgan fingerprint density at radius 1 is 1.50 bits per heavy atom. The van der Waals surface area contributed by atoms with Crippen molar-refractivity contribution in [1.82, 2.24) is 10.2 Å². The molecule has 1 heterocycles. The Balaban J connectivity index is 2.82. The van der Waals surface area contributed by atoms with E-state index in [-0.39, 0.29) is 5.56 Å². The molecule has 0 radical (unpaired) electrons. The lowest BCUT2D eigenvalue weighted by Crippen LogP contribution is -2.22. The maximum absolute atomic E-state index is 10.6. The lowest BCUT2D eigenvalue weighted by molar-refractivity contribution is -0.254. The highest BCUT2D eigenvalue weighted by Gasteiger charge is 2.01. The molecule has 0 spiro atoms. The van der Waals surface area contributed by atoms with Crippen molar-refractivity contribution >= 4 is 16.9 Å². The van der Waals surface area contributed by atoms with Gasteiger partial charge in [0.05, 0.1) is 17.7 Å². The van der Waals surface area contributed by atoms with Gasteiger partial charge in [0.1, 0.15) is 0 Å². The van der Waals surface area contributed by atoms with Crippen LogP contribution in [0.4, 0.5) is 0 Å². The SMILES string of the molecule is O=C([O-])c1cccc2cn[nH]c12. The number of H-pyrrole nitrogens is 1. The van der Waals surface area contributed by atoms with Gasteiger partial charge in [0.15, 0.2) is 0 Å². The third-order valence-electron chi connectivity index (χ3n) is 1.70. The van der Waals surface area contributed by atoms with E-state index in [9.17, 15) is 9.90 Å². The van der Waals surface area contributed by atoms with Crippen molar-refractivity contribution in [3.8, 4) is 0 Å². The monoisotopic (exact) mass is 161 g/mol. The number of carboxylic acid groups (broad SMARTS) is 1. The number of aromatic carboxylic acids is 1. The summed E-state index contributed by atoms with van der Waals surface area (Å²) in [5.41, 5.74) is 0.655. The van der Waals surface area contributed by atoms with Crippen LogP contribution in [0.2, 0.25) is 0 Å². The number of nitrogens with one attached hydrogen (secondary N) is 1. The number of carbonyl (C=O) groups is 1. The van der Waals surface area contributed by atoms with E-state index in [0.29, 0.717) is 5.52 Å². The summed E-state index contributed by atoms with van der Waals surface area (Å²) in [4.78, 5) is 10.6. The zero-order valence-corrected chi connectivity index (χ0v) is 6.07. The molecule has 0 saturated heterocycles. The number of rotatable bonds is 1. The number of nitrogens with zero attached hydrogens (tertiary/aromatic N) is 1. The standard InChI is InChI=1S/C8H6N2O2/c11-8(12)6-3-1-2-5-4-9-10-7(5)6/h1-4H,(H,9,10)(H,11,12)/p-1. The van der Waals surface area contributed by atoms with Crippen LogP contribution in [-0.4, -0.2) is 16.2 Å². The van der Waals surface area contributed by atoms with Gasteiger partial charge in [-0.1, -0.05) is 18.2 Å². The molecule has 0 amide bonds. The minimum atomic E-state index is -1.19. The molecule has 2 rings (SSSR count). The lowest BCUT2D eigenvalue weighted by Gasteiger charge is -2.01. The van der Waals surface area contributed by atoms with E-state index >= 15 is 0 Å². The van der Waals surface area contributed by atoms with Crippen molar-refractivity contribution in [3.63, 3.8) is 0 Å². The van der Waals surface area contributed by atoms with Gasteiger partial charge in [-0.3, -0.25) is 5.10 Å². The van der Waals surface area contributed by atoms with Crippen LogP contribution in [0, 0.1) is 0 Å². The van der Waals surface area contributed by atoms with Crippen LogP contribution in [0.1, 0.15) is 10.4 Å². The Labute approximate surface area is 67.8 Å². The molecule has 0 aliphatic heterocycles. The van der Waals surface area contributed by atoms with Gasteiger partial charge in [0, 0.05) is 10.9 Å². The number of para-hydroxylation sites is 1. The fraction of sp³-hybridized carbons (Fsp3) is 0. The van der Waals surface area contributed by atoms with Gasteiger partial charge < -0.3 is 9.90 Å². The fourth-order valence-corrected chi connectivity index (χ4v) is 1.14. The molecule has 0 bridgehead atoms. The predicted molar refractivity (Wildman–Crippen MR) is 40.4 cm³/mol. The number of aromatic amines is 1. The Kier molecular flexibility index (Phi) is 1.33. The topological polar surface area (TPSA) is 68.8 Å². The normalized spacial score (nSPS) is 10.3. The summed E-state index contributed by atoms with van der Waals surface area (Å²) >= 11 is 0. The van der Waals surface area contributed by atoms with Gasteiger partial charge in [0.2, 0.25) is 0 Å². The van der Waals surface area contributed by atoms with Crippen molar-refractivity contribution in [2.75, 3.05) is 0 Å². The van der Waals surface area contributed by atoms with Crippen LogP contribution in [0.15, 0.2) is 24.4 Å². The molecule has 0 aliphatic rings. The van der Waals surface area contributed by atoms with Crippen LogP contribution in [0.25, 0.3) is 10.9 Å². The van der Waals surface area contributed by atoms with E-state index in [1.54, 1.807) is 18.3 Å². The summed E-state index contributed by atoms with van der Waals surface area (Å²) in [6.07, 6.45) is 1.57. The lowest BCUT2D eigenvalue weighted by atomic mass is 10.1. The second-order valence-corrected chi connectivity index (χ2v) is 2.43. The van der Waals surface area contributed by atoms with Crippen LogP contribution in [-0.2, 0) is 0 Å². The molecule has 0 atom stereocenters. The summed E-state index contributed by atoms with van der Waals surface area (Å²) in [6.45, 7) is 0. The number of hydrogen-bond acceptors (Lipinski definition) is 3. The summed E-state index contributed by atoms with van der Waals surface area (Å²) in [7, 11) is 0. The zero-order valence-electron chi connectivity index (χ0n) is 6.07. The van der Waals surface area contributed by atoms with Gasteiger partial charge in [-0.2, -0.15) is 5.10 Å². The third-order valence-corrected chi connectivity index (χ3v) is 1.70. The maximum Gasteiger partial charge on any atom is 0.0740 e. The number of aromatic nitrogens is 2. The minimum Gasteiger partial charge on any atom is -0.545 e. The molecular formula is C8H5N2O2-. The fourth-order valence-electron chi connectivity index (χ4n) is 1.14. The van der Waals surface area contributed by atoms with Crippen LogP contribution in [0.5, 0.6) is 0 Å². The molecule has 1 aromatic carbocycles. The van der Waals surface area contributed by atoms with Crippen molar-refractivity contribution in [3.05, 3.63) is 30.0 Å². The summed E-state index contributed by atoms with van der Waals surface area (Å²) in [6, 6.07) is 4.92. The van der Waals surface area contributed by atoms with Gasteiger partial charge in [-0.15, -0.1) is 0 Å². The second kappa shape index (κ2) is 2.34. The molecule has 0 unspecified atom stereocenters. The van der Waals surface area contributed by atoms with Gasteiger partial charge >= 0.3 is 0 Å². The Hall–Kier alpha value is -1.84. The Morgan fingerprint density at radius 2 is 2.33 bits per heavy atom. The molecule has 4 nitrogen and oxygen atoms in total. The van der Waals surface area contributed by atoms with Crippen molar-refractivity contribution in [2.24, 2.45) is 0 Å². The van der Waals surface area contributed by atoms with Crippen LogP contribution >= 0.6 is 0 Å². The smallest absolute Gasteiger partial charge is 0.0740 e. The van der Waals surface area contributed by atoms with E-state index in [1.165, 1.54) is 6.07 Å². The largest absolute Gasteiger partial charge is 0.545 e. The first kappa shape index (κ1) is 6.84. The molecule has 0 aliphatic carbocycles. The predicted octanol–water partition coefficient (Wildman–Crippen LogP) is -0.0736. The van der Waals surface area contributed by atoms with Gasteiger partial charge in [-0.25, -0.2) is 0 Å². The minimum absolute atomic E-state index is 0.144. The van der Waals surface area contributed by atoms with E-state index in [2.05, 4.69) is 10.2 Å². The highest BCUT2D eigenvalue weighted by atomic mass is 16.4. The number of carbonyl (C=O) groups excluding carboxylic acids is 1. The molecular weight excluding hydrogens is 156 g/mol. The first-order valence-corrected chi connectivity index (χ1v) is 3.42. The van der Waals surface area contributed by atoms with Gasteiger partial charge in [0.25, 0.3) is 0 Å². The zero-order chi connectivity index (χ0) is 8.55. The van der Waals surface area contributed by atoms with Crippen LogP contribution < -0.4 is 5.11 Å². The molecule has 0 saturated carbocycles. The number of carboxylic acids is 1. The number of fused-ring (bicyclic) bond motifs is 1. The highest BCUT2D eigenvalue weighted by Crippen LogP contribution is 2.14. The Morgan fingerprint density at radius 3 is 3.08 bits per heavy atom. The molecule has 1 N–H and O–H groups in total. The number of benzene rings is 1. The molecule has 4 heteroatoms. The third kappa shape index (κ3) is 0.852. The first-order valence-electron chi connectivity index (χ1n) is 3.42. The van der Waals surface area contributed by atoms with Crippen molar-refractivity contribution in [2.45, 2.75) is 0 Å². The van der Waals surface area contributed by atoms with E-state index in [4.69, 9.17) is 0 Å². The van der Waals surface area contributed by atoms with Crippen LogP contribution in [0.3, 0.4) is 0 Å². The first-order chi connectivity index (χ1) is 5.79. The average molecular weight is 161 g/mol. The van der Waals surface area contributed by atoms with Gasteiger partial charge in [-0.05, 0) is 0 Å². The average Bonchev–Trinajstić information content (AvgIpc) is 2.49. The number of hydrogen-bond donors (Lipinski definition) is 1. The molecule has 1 aromatic heterocycles. The van der Waals surface area contributed by atoms with E-state index in [1.807, 2.05) is 0 Å². The maximum atomic E-state index is 10.6. The second-order valence-electron chi connectivity index (χ2n) is 2.43. The van der Waals surface area contributed by atoms with E-state index in [0.717, 1.165) is 5.39 Å². The summed E-state index contributed by atoms with van der Waals surface area (Å²) in [5.74, 6) is -1.19. The Bertz CT molecular complexity index is 433. The molecule has 0 fully saturated rings. The van der Waals surface area contributed by atoms with Crippen molar-refractivity contribution < 1.29 is 9.90 Å².